The number of hydrogen-bond acceptors (Lipinski definition) is 6. The molecule has 1 heterocycles. The third-order valence-corrected chi connectivity index (χ3v) is 6.61. The molecule has 0 unspecified atom stereocenters. The van der Waals surface area contributed by atoms with Crippen LogP contribution in [-0.4, -0.2) is 29.3 Å². The summed E-state index contributed by atoms with van der Waals surface area (Å²) in [6, 6.07) is 19.1. The van der Waals surface area contributed by atoms with Crippen LogP contribution in [0.2, 0.25) is 10.0 Å². The van der Waals surface area contributed by atoms with Crippen LogP contribution in [0.5, 0.6) is 11.5 Å². The van der Waals surface area contributed by atoms with Gasteiger partial charge in [0.15, 0.2) is 10.9 Å². The molecule has 4 rings (SSSR count). The number of amides is 2. The van der Waals surface area contributed by atoms with Crippen LogP contribution in [0.3, 0.4) is 0 Å². The molecule has 0 spiro atoms. The summed E-state index contributed by atoms with van der Waals surface area (Å²) in [5, 5.41) is 3.52. The third kappa shape index (κ3) is 6.59. The number of anilines is 2. The van der Waals surface area contributed by atoms with Gasteiger partial charge in [0.2, 0.25) is 0 Å². The number of halogens is 2. The normalized spacial score (nSPS) is 14.3. The topological polar surface area (TPSA) is 67.9 Å². The van der Waals surface area contributed by atoms with Gasteiger partial charge < -0.3 is 14.8 Å². The van der Waals surface area contributed by atoms with E-state index in [4.69, 9.17) is 44.9 Å². The molecule has 0 bridgehead atoms. The first-order valence-electron chi connectivity index (χ1n) is 10.8. The largest absolute Gasteiger partial charge is 0.494 e. The van der Waals surface area contributed by atoms with Gasteiger partial charge in [-0.1, -0.05) is 59.3 Å². The van der Waals surface area contributed by atoms with E-state index in [1.807, 2.05) is 13.0 Å². The van der Waals surface area contributed by atoms with Crippen LogP contribution in [0.25, 0.3) is 6.08 Å². The smallest absolute Gasteiger partial charge is 0.270 e. The Bertz CT molecular complexity index is 1330. The summed E-state index contributed by atoms with van der Waals surface area (Å²) >= 11 is 18.6. The molecular formula is C26H20Cl2N2O4S2. The summed E-state index contributed by atoms with van der Waals surface area (Å²) in [5.74, 6) is 0.629. The van der Waals surface area contributed by atoms with Gasteiger partial charge in [-0.25, -0.2) is 0 Å². The molecule has 36 heavy (non-hydrogen) atoms. The van der Waals surface area contributed by atoms with E-state index in [-0.39, 0.29) is 18.4 Å². The van der Waals surface area contributed by atoms with Crippen LogP contribution in [0.15, 0.2) is 71.6 Å². The van der Waals surface area contributed by atoms with Crippen molar-refractivity contribution in [3.05, 3.63) is 87.2 Å². The highest BCUT2D eigenvalue weighted by Crippen LogP contribution is 2.36. The van der Waals surface area contributed by atoms with Crippen molar-refractivity contribution in [2.45, 2.75) is 6.92 Å². The summed E-state index contributed by atoms with van der Waals surface area (Å²) in [6.07, 6.45) is 1.74. The molecule has 184 valence electrons. The minimum absolute atomic E-state index is 0.208. The summed E-state index contributed by atoms with van der Waals surface area (Å²) in [6.45, 7) is 2.26. The van der Waals surface area contributed by atoms with E-state index in [1.54, 1.807) is 66.7 Å². The van der Waals surface area contributed by atoms with Crippen LogP contribution in [-0.2, 0) is 9.59 Å². The average molecular weight is 559 g/mol. The van der Waals surface area contributed by atoms with Crippen LogP contribution < -0.4 is 19.7 Å². The number of thioether (sulfide) groups is 1. The van der Waals surface area contributed by atoms with Crippen molar-refractivity contribution in [1.82, 2.24) is 0 Å². The van der Waals surface area contributed by atoms with Crippen LogP contribution in [0.4, 0.5) is 11.4 Å². The lowest BCUT2D eigenvalue weighted by atomic mass is 10.2. The summed E-state index contributed by atoms with van der Waals surface area (Å²) < 4.78 is 11.5. The Kier molecular flexibility index (Phi) is 8.53. The maximum atomic E-state index is 13.1. The molecule has 3 aromatic carbocycles. The molecule has 6 nitrogen and oxygen atoms in total. The number of carbonyl (C=O) groups excluding carboxylic acids is 2. The fourth-order valence-corrected chi connectivity index (χ4v) is 5.19. The number of benzene rings is 3. The minimum atomic E-state index is -0.366. The monoisotopic (exact) mass is 558 g/mol. The standard InChI is InChI=1S/C26H20Cl2N2O4S2/c1-2-33-21-8-6-20(7-9-21)30-25(32)23(36-26(30)35)11-16-4-3-5-22(10-16)34-15-24(31)29-19-13-17(27)12-18(28)14-19/h3-14H,2,15H2,1H3,(H,29,31)/b23-11-. The van der Waals surface area contributed by atoms with Gasteiger partial charge in [0.05, 0.1) is 17.2 Å². The molecule has 1 N–H and O–H groups in total. The van der Waals surface area contributed by atoms with E-state index in [0.717, 1.165) is 11.3 Å². The minimum Gasteiger partial charge on any atom is -0.494 e. The Morgan fingerprint density at radius 3 is 2.44 bits per heavy atom. The Labute approximate surface area is 228 Å². The SMILES string of the molecule is CCOc1ccc(N2C(=O)/C(=C/c3cccc(OCC(=O)Nc4cc(Cl)cc(Cl)c4)c3)SC2=S)cc1. The van der Waals surface area contributed by atoms with Crippen molar-refractivity contribution >= 4 is 80.8 Å². The van der Waals surface area contributed by atoms with Crippen molar-refractivity contribution in [3.63, 3.8) is 0 Å². The van der Waals surface area contributed by atoms with Crippen LogP contribution in [0.1, 0.15) is 12.5 Å². The Hall–Kier alpha value is -3.04. The van der Waals surface area contributed by atoms with Crippen molar-refractivity contribution in [1.29, 1.82) is 0 Å². The summed E-state index contributed by atoms with van der Waals surface area (Å²) in [5.41, 5.74) is 1.89. The Morgan fingerprint density at radius 2 is 1.75 bits per heavy atom. The lowest BCUT2D eigenvalue weighted by Crippen LogP contribution is -2.27. The molecule has 0 radical (unpaired) electrons. The first-order chi connectivity index (χ1) is 17.3. The highest BCUT2D eigenvalue weighted by Gasteiger charge is 2.33. The molecule has 10 heteroatoms. The lowest BCUT2D eigenvalue weighted by molar-refractivity contribution is -0.118. The molecule has 0 atom stereocenters. The van der Waals surface area contributed by atoms with Gasteiger partial charge in [0.25, 0.3) is 11.8 Å². The van der Waals surface area contributed by atoms with Crippen molar-refractivity contribution < 1.29 is 19.1 Å². The molecule has 0 aromatic heterocycles. The predicted molar refractivity (Wildman–Crippen MR) is 150 cm³/mol. The number of nitrogens with zero attached hydrogens (tertiary/aromatic N) is 1. The van der Waals surface area contributed by atoms with E-state index < -0.39 is 0 Å². The van der Waals surface area contributed by atoms with Gasteiger partial charge in [0, 0.05) is 15.7 Å². The van der Waals surface area contributed by atoms with Gasteiger partial charge >= 0.3 is 0 Å². The zero-order valence-electron chi connectivity index (χ0n) is 19.0. The number of rotatable bonds is 8. The second-order valence-corrected chi connectivity index (χ2v) is 10.1. The maximum Gasteiger partial charge on any atom is 0.270 e. The third-order valence-electron chi connectivity index (χ3n) is 4.87. The first kappa shape index (κ1) is 26.0. The van der Waals surface area contributed by atoms with Gasteiger partial charge in [-0.2, -0.15) is 0 Å². The molecule has 0 aliphatic carbocycles. The number of nitrogens with one attached hydrogen (secondary N) is 1. The van der Waals surface area contributed by atoms with E-state index in [9.17, 15) is 9.59 Å². The first-order valence-corrected chi connectivity index (χ1v) is 12.8. The van der Waals surface area contributed by atoms with E-state index >= 15 is 0 Å². The van der Waals surface area contributed by atoms with Crippen molar-refractivity contribution in [2.75, 3.05) is 23.4 Å². The molecule has 3 aromatic rings. The summed E-state index contributed by atoms with van der Waals surface area (Å²) in [7, 11) is 0. The molecule has 0 saturated carbocycles. The average Bonchev–Trinajstić information content (AvgIpc) is 3.10. The van der Waals surface area contributed by atoms with E-state index in [2.05, 4.69) is 5.32 Å². The summed E-state index contributed by atoms with van der Waals surface area (Å²) in [4.78, 5) is 27.3. The molecule has 1 aliphatic rings. The molecule has 1 aliphatic heterocycles. The van der Waals surface area contributed by atoms with Gasteiger partial charge in [-0.05, 0) is 73.2 Å². The number of carbonyl (C=O) groups is 2. The van der Waals surface area contributed by atoms with Crippen molar-refractivity contribution in [3.8, 4) is 11.5 Å². The molecule has 2 amide bonds. The van der Waals surface area contributed by atoms with Crippen LogP contribution in [0, 0.1) is 0 Å². The fourth-order valence-electron chi connectivity index (χ4n) is 3.37. The number of thiocarbonyl (C=S) groups is 1. The lowest BCUT2D eigenvalue weighted by Gasteiger charge is -2.15. The second kappa shape index (κ2) is 11.8. The maximum absolute atomic E-state index is 13.1. The van der Waals surface area contributed by atoms with E-state index in [0.29, 0.717) is 43.0 Å². The number of hydrogen-bond donors (Lipinski definition) is 1. The number of ether oxygens (including phenoxy) is 2. The Morgan fingerprint density at radius 1 is 1.03 bits per heavy atom. The van der Waals surface area contributed by atoms with Gasteiger partial charge in [0.1, 0.15) is 11.5 Å². The fraction of sp³-hybridized carbons (Fsp3) is 0.115. The molecule has 1 saturated heterocycles. The van der Waals surface area contributed by atoms with E-state index in [1.165, 1.54) is 16.7 Å². The highest BCUT2D eigenvalue weighted by molar-refractivity contribution is 8.27. The van der Waals surface area contributed by atoms with Crippen LogP contribution >= 0.6 is 47.2 Å². The molecular weight excluding hydrogens is 539 g/mol. The molecule has 1 fully saturated rings. The Balaban J connectivity index is 1.41. The van der Waals surface area contributed by atoms with Gasteiger partial charge in [-0.3, -0.25) is 14.5 Å². The predicted octanol–water partition coefficient (Wildman–Crippen LogP) is 6.82. The highest BCUT2D eigenvalue weighted by atomic mass is 35.5. The van der Waals surface area contributed by atoms with Crippen molar-refractivity contribution in [2.24, 2.45) is 0 Å². The quantitative estimate of drug-likeness (QED) is 0.242. The second-order valence-electron chi connectivity index (χ2n) is 7.51. The zero-order chi connectivity index (χ0) is 25.7. The van der Waals surface area contributed by atoms with Gasteiger partial charge in [-0.15, -0.1) is 0 Å². The zero-order valence-corrected chi connectivity index (χ0v) is 22.1.